The molecular weight excluding hydrogens is 357 g/mol. The van der Waals surface area contributed by atoms with Gasteiger partial charge in [0.1, 0.15) is 0 Å². The van der Waals surface area contributed by atoms with Gasteiger partial charge < -0.3 is 15.5 Å². The van der Waals surface area contributed by atoms with Crippen LogP contribution in [-0.2, 0) is 4.79 Å². The Balaban J connectivity index is 2.00. The van der Waals surface area contributed by atoms with Crippen molar-refractivity contribution in [3.8, 4) is 0 Å². The Bertz CT molecular complexity index is 725. The number of aryl methyl sites for hydroxylation is 1. The molecule has 4 nitrogen and oxygen atoms in total. The van der Waals surface area contributed by atoms with E-state index in [1.54, 1.807) is 18.2 Å². The van der Waals surface area contributed by atoms with Crippen LogP contribution in [-0.4, -0.2) is 25.5 Å². The monoisotopic (exact) mass is 379 g/mol. The molecule has 2 aromatic rings. The van der Waals surface area contributed by atoms with Crippen LogP contribution in [0.2, 0.25) is 10.0 Å². The fraction of sp³-hybridized carbons (Fsp3) is 0.316. The number of hydrogen-bond donors (Lipinski definition) is 2. The Labute approximate surface area is 159 Å². The molecule has 0 saturated carbocycles. The summed E-state index contributed by atoms with van der Waals surface area (Å²) in [6, 6.07) is 11.3. The summed E-state index contributed by atoms with van der Waals surface area (Å²) in [5, 5.41) is 6.73. The minimum Gasteiger partial charge on any atom is -0.376 e. The van der Waals surface area contributed by atoms with Crippen LogP contribution < -0.4 is 15.5 Å². The number of para-hydroxylation sites is 1. The Morgan fingerprint density at radius 1 is 1.08 bits per heavy atom. The first-order valence-electron chi connectivity index (χ1n) is 8.29. The number of anilines is 3. The van der Waals surface area contributed by atoms with Crippen LogP contribution >= 0.6 is 23.2 Å². The van der Waals surface area contributed by atoms with Gasteiger partial charge >= 0.3 is 0 Å². The lowest BCUT2D eigenvalue weighted by Crippen LogP contribution is -2.23. The third kappa shape index (κ3) is 5.03. The number of carbonyl (C=O) groups is 1. The number of nitrogens with zero attached hydrogens (tertiary/aromatic N) is 1. The molecule has 0 aliphatic heterocycles. The zero-order chi connectivity index (χ0) is 18.4. The number of hydrogen-bond acceptors (Lipinski definition) is 3. The van der Waals surface area contributed by atoms with E-state index in [9.17, 15) is 4.79 Å². The lowest BCUT2D eigenvalue weighted by Gasteiger charge is -2.22. The highest BCUT2D eigenvalue weighted by Crippen LogP contribution is 2.29. The van der Waals surface area contributed by atoms with Gasteiger partial charge in [0.25, 0.3) is 0 Å². The van der Waals surface area contributed by atoms with Crippen molar-refractivity contribution in [1.82, 2.24) is 0 Å². The molecule has 0 fully saturated rings. The molecule has 0 aliphatic carbocycles. The topological polar surface area (TPSA) is 44.4 Å². The quantitative estimate of drug-likeness (QED) is 0.694. The van der Waals surface area contributed by atoms with E-state index >= 15 is 0 Å². The molecule has 0 bridgehead atoms. The molecule has 0 radical (unpaired) electrons. The zero-order valence-corrected chi connectivity index (χ0v) is 16.2. The van der Waals surface area contributed by atoms with E-state index in [-0.39, 0.29) is 12.5 Å². The van der Waals surface area contributed by atoms with Gasteiger partial charge in [0.2, 0.25) is 5.91 Å². The van der Waals surface area contributed by atoms with E-state index in [1.165, 1.54) is 5.69 Å². The van der Waals surface area contributed by atoms with Crippen molar-refractivity contribution in [2.75, 3.05) is 35.2 Å². The largest absolute Gasteiger partial charge is 0.376 e. The van der Waals surface area contributed by atoms with Crippen molar-refractivity contribution >= 4 is 46.2 Å². The first-order valence-corrected chi connectivity index (χ1v) is 9.05. The summed E-state index contributed by atoms with van der Waals surface area (Å²) in [6.07, 6.45) is 0. The van der Waals surface area contributed by atoms with E-state index < -0.39 is 0 Å². The summed E-state index contributed by atoms with van der Waals surface area (Å²) >= 11 is 12.1. The highest BCUT2D eigenvalue weighted by atomic mass is 35.5. The number of amides is 1. The maximum absolute atomic E-state index is 12.2. The van der Waals surface area contributed by atoms with Crippen molar-refractivity contribution in [2.24, 2.45) is 0 Å². The summed E-state index contributed by atoms with van der Waals surface area (Å²) in [4.78, 5) is 14.5. The van der Waals surface area contributed by atoms with Crippen molar-refractivity contribution in [1.29, 1.82) is 0 Å². The van der Waals surface area contributed by atoms with Crippen LogP contribution in [0.4, 0.5) is 17.1 Å². The second kappa shape index (κ2) is 8.97. The van der Waals surface area contributed by atoms with Crippen LogP contribution in [0.1, 0.15) is 19.4 Å². The van der Waals surface area contributed by atoms with Gasteiger partial charge in [-0.25, -0.2) is 0 Å². The molecule has 2 rings (SSSR count). The number of rotatable bonds is 7. The standard InChI is InChI=1S/C19H23Cl2N3O/c1-4-24(5-2)14-9-10-17(13(3)11-14)22-12-18(25)23-19-15(20)7-6-8-16(19)21/h6-11,22H,4-5,12H2,1-3H3,(H,23,25). The number of carbonyl (C=O) groups excluding carboxylic acids is 1. The summed E-state index contributed by atoms with van der Waals surface area (Å²) in [5.41, 5.74) is 3.64. The van der Waals surface area contributed by atoms with Crippen LogP contribution in [0.3, 0.4) is 0 Å². The highest BCUT2D eigenvalue weighted by molar-refractivity contribution is 6.39. The summed E-state index contributed by atoms with van der Waals surface area (Å²) < 4.78 is 0. The van der Waals surface area contributed by atoms with E-state index in [4.69, 9.17) is 23.2 Å². The first kappa shape index (κ1) is 19.4. The first-order chi connectivity index (χ1) is 12.0. The van der Waals surface area contributed by atoms with Gasteiger partial charge in [-0.2, -0.15) is 0 Å². The van der Waals surface area contributed by atoms with E-state index in [1.807, 2.05) is 13.0 Å². The average Bonchev–Trinajstić information content (AvgIpc) is 2.58. The van der Waals surface area contributed by atoms with Crippen LogP contribution in [0.25, 0.3) is 0 Å². The summed E-state index contributed by atoms with van der Waals surface area (Å²) in [5.74, 6) is -0.206. The third-order valence-electron chi connectivity index (χ3n) is 4.01. The molecule has 0 heterocycles. The van der Waals surface area contributed by atoms with Crippen molar-refractivity contribution < 1.29 is 4.79 Å². The third-order valence-corrected chi connectivity index (χ3v) is 4.64. The SMILES string of the molecule is CCN(CC)c1ccc(NCC(=O)Nc2c(Cl)cccc2Cl)c(C)c1. The Morgan fingerprint density at radius 2 is 1.72 bits per heavy atom. The maximum Gasteiger partial charge on any atom is 0.243 e. The summed E-state index contributed by atoms with van der Waals surface area (Å²) in [7, 11) is 0. The Hall–Kier alpha value is -1.91. The fourth-order valence-electron chi connectivity index (χ4n) is 2.61. The minimum absolute atomic E-state index is 0.132. The Kier molecular flexibility index (Phi) is 6.97. The Morgan fingerprint density at radius 3 is 2.28 bits per heavy atom. The lowest BCUT2D eigenvalue weighted by atomic mass is 10.1. The molecule has 0 aromatic heterocycles. The van der Waals surface area contributed by atoms with Gasteiger partial charge in [-0.15, -0.1) is 0 Å². The molecule has 0 atom stereocenters. The smallest absolute Gasteiger partial charge is 0.243 e. The molecule has 2 N–H and O–H groups in total. The molecule has 25 heavy (non-hydrogen) atoms. The van der Waals surface area contributed by atoms with Gasteiger partial charge in [0.15, 0.2) is 0 Å². The van der Waals surface area contributed by atoms with E-state index in [0.717, 1.165) is 24.3 Å². The molecule has 134 valence electrons. The van der Waals surface area contributed by atoms with Crippen molar-refractivity contribution in [2.45, 2.75) is 20.8 Å². The van der Waals surface area contributed by atoms with Crippen LogP contribution in [0.5, 0.6) is 0 Å². The van der Waals surface area contributed by atoms with Crippen LogP contribution in [0, 0.1) is 6.92 Å². The molecule has 2 aromatic carbocycles. The number of nitrogens with one attached hydrogen (secondary N) is 2. The molecule has 0 aliphatic rings. The van der Waals surface area contributed by atoms with E-state index in [2.05, 4.69) is 41.5 Å². The molecule has 1 amide bonds. The fourth-order valence-corrected chi connectivity index (χ4v) is 3.10. The zero-order valence-electron chi connectivity index (χ0n) is 14.7. The minimum atomic E-state index is -0.206. The maximum atomic E-state index is 12.2. The van der Waals surface area contributed by atoms with Gasteiger partial charge in [0.05, 0.1) is 22.3 Å². The van der Waals surface area contributed by atoms with Gasteiger partial charge in [-0.1, -0.05) is 29.3 Å². The predicted molar refractivity (Wildman–Crippen MR) is 108 cm³/mol. The molecule has 0 spiro atoms. The number of halogens is 2. The van der Waals surface area contributed by atoms with Crippen molar-refractivity contribution in [3.63, 3.8) is 0 Å². The summed E-state index contributed by atoms with van der Waals surface area (Å²) in [6.45, 7) is 8.35. The predicted octanol–water partition coefficient (Wildman–Crippen LogP) is 5.20. The normalized spacial score (nSPS) is 10.4. The van der Waals surface area contributed by atoms with Gasteiger partial charge in [-0.3, -0.25) is 4.79 Å². The molecular formula is C19H23Cl2N3O. The second-order valence-corrected chi connectivity index (χ2v) is 6.48. The van der Waals surface area contributed by atoms with Gasteiger partial charge in [0, 0.05) is 24.5 Å². The van der Waals surface area contributed by atoms with E-state index in [0.29, 0.717) is 15.7 Å². The highest BCUT2D eigenvalue weighted by Gasteiger charge is 2.10. The van der Waals surface area contributed by atoms with Gasteiger partial charge in [-0.05, 0) is 56.7 Å². The second-order valence-electron chi connectivity index (χ2n) is 5.67. The molecule has 0 saturated heterocycles. The lowest BCUT2D eigenvalue weighted by molar-refractivity contribution is -0.114. The molecule has 6 heteroatoms. The average molecular weight is 380 g/mol. The van der Waals surface area contributed by atoms with Crippen LogP contribution in [0.15, 0.2) is 36.4 Å². The molecule has 0 unspecified atom stereocenters. The number of benzene rings is 2. The van der Waals surface area contributed by atoms with Crippen molar-refractivity contribution in [3.05, 3.63) is 52.0 Å².